The van der Waals surface area contributed by atoms with Crippen molar-refractivity contribution in [2.24, 2.45) is 0 Å². The van der Waals surface area contributed by atoms with E-state index in [1.165, 1.54) is 0 Å². The van der Waals surface area contributed by atoms with E-state index < -0.39 is 0 Å². The zero-order valence-corrected chi connectivity index (χ0v) is 12.6. The molecule has 0 saturated heterocycles. The highest BCUT2D eigenvalue weighted by molar-refractivity contribution is 9.10. The highest BCUT2D eigenvalue weighted by Crippen LogP contribution is 2.41. The van der Waals surface area contributed by atoms with Gasteiger partial charge in [-0.2, -0.15) is 0 Å². The number of hydrogen-bond acceptors (Lipinski definition) is 0. The van der Waals surface area contributed by atoms with Gasteiger partial charge in [-0.25, -0.2) is 0 Å². The first-order valence-electron chi connectivity index (χ1n) is 9.09. The molecule has 21 heavy (non-hydrogen) atoms. The monoisotopic (exact) mass is 337 g/mol. The van der Waals surface area contributed by atoms with Gasteiger partial charge in [0.05, 0.1) is 6.85 Å². The predicted octanol–water partition coefficient (Wildman–Crippen LogP) is 6.42. The summed E-state index contributed by atoms with van der Waals surface area (Å²) in [4.78, 5) is 0. The molecule has 0 aromatic heterocycles. The Bertz CT molecular complexity index is 1110. The summed E-state index contributed by atoms with van der Waals surface area (Å²) in [7, 11) is 0. The van der Waals surface area contributed by atoms with Crippen molar-refractivity contribution in [3.63, 3.8) is 0 Å². The summed E-state index contributed by atoms with van der Waals surface area (Å²) < 4.78 is 41.6. The van der Waals surface area contributed by atoms with Crippen LogP contribution >= 0.6 is 15.9 Å². The van der Waals surface area contributed by atoms with Gasteiger partial charge in [-0.15, -0.1) is 0 Å². The minimum atomic E-state index is -0.380. The quantitative estimate of drug-likeness (QED) is 0.351. The summed E-state index contributed by atoms with van der Waals surface area (Å²) in [5.74, 6) is 0. The van der Waals surface area contributed by atoms with E-state index in [4.69, 9.17) is 6.85 Å². The highest BCUT2D eigenvalue weighted by Gasteiger charge is 2.12. The van der Waals surface area contributed by atoms with Gasteiger partial charge >= 0.3 is 0 Å². The maximum atomic E-state index is 8.39. The van der Waals surface area contributed by atoms with Crippen molar-refractivity contribution in [3.05, 3.63) is 83.2 Å². The van der Waals surface area contributed by atoms with Gasteiger partial charge in [0.15, 0.2) is 0 Å². The summed E-state index contributed by atoms with van der Waals surface area (Å²) in [6, 6.07) is 14.0. The van der Waals surface area contributed by atoms with E-state index in [9.17, 15) is 0 Å². The number of rotatable bonds is 1. The fourth-order valence-electron chi connectivity index (χ4n) is 2.72. The second-order valence-corrected chi connectivity index (χ2v) is 5.57. The van der Waals surface area contributed by atoms with Crippen LogP contribution in [0.1, 0.15) is 6.85 Å². The zero-order chi connectivity index (χ0) is 18.6. The molecule has 0 unspecified atom stereocenters. The average molecular weight is 338 g/mol. The normalized spacial score (nSPS) is 14.4. The van der Waals surface area contributed by atoms with Crippen LogP contribution in [0.25, 0.3) is 32.7 Å². The van der Waals surface area contributed by atoms with Crippen LogP contribution in [0.15, 0.2) is 83.2 Å². The van der Waals surface area contributed by atoms with E-state index in [0.717, 1.165) is 26.0 Å². The van der Waals surface area contributed by atoms with E-state index in [-0.39, 0.29) is 35.8 Å². The van der Waals surface area contributed by atoms with Gasteiger partial charge in [0.2, 0.25) is 0 Å². The van der Waals surface area contributed by atoms with Crippen molar-refractivity contribution in [3.8, 4) is 11.1 Å². The molecule has 0 atom stereocenters. The van der Waals surface area contributed by atoms with Crippen molar-refractivity contribution in [2.45, 2.75) is 0 Å². The van der Waals surface area contributed by atoms with Gasteiger partial charge < -0.3 is 0 Å². The molecule has 0 aliphatic rings. The van der Waals surface area contributed by atoms with Gasteiger partial charge in [-0.05, 0) is 48.6 Å². The van der Waals surface area contributed by atoms with Crippen LogP contribution in [0.4, 0.5) is 0 Å². The Morgan fingerprint density at radius 3 is 1.67 bits per heavy atom. The third-order valence-electron chi connectivity index (χ3n) is 3.62. The summed E-state index contributed by atoms with van der Waals surface area (Å²) in [5, 5.41) is 3.56. The number of benzene rings is 4. The van der Waals surface area contributed by atoms with Gasteiger partial charge in [0.1, 0.15) is 0 Å². The minimum Gasteiger partial charge on any atom is -0.0622 e. The van der Waals surface area contributed by atoms with Gasteiger partial charge in [-0.1, -0.05) is 78.7 Å². The maximum Gasteiger partial charge on any atom is 0.0629 e. The van der Waals surface area contributed by atoms with Crippen molar-refractivity contribution in [1.82, 2.24) is 0 Å². The third-order valence-corrected chi connectivity index (χ3v) is 4.47. The summed E-state index contributed by atoms with van der Waals surface area (Å²) in [6.07, 6.45) is 0. The molecule has 0 nitrogen and oxygen atoms in total. The molecule has 0 N–H and O–H groups in total. The maximum absolute atomic E-state index is 8.39. The van der Waals surface area contributed by atoms with Gasteiger partial charge in [0, 0.05) is 4.47 Å². The predicted molar refractivity (Wildman–Crippen MR) is 94.6 cm³/mol. The van der Waals surface area contributed by atoms with Crippen LogP contribution in [0.5, 0.6) is 0 Å². The Labute approximate surface area is 139 Å². The Kier molecular flexibility index (Phi) is 1.99. The molecule has 0 aliphatic heterocycles. The van der Waals surface area contributed by atoms with Crippen LogP contribution in [0, 0.1) is 0 Å². The van der Waals surface area contributed by atoms with E-state index >= 15 is 0 Å². The first-order valence-corrected chi connectivity index (χ1v) is 7.39. The number of halogens is 1. The molecule has 0 amide bonds. The molecule has 0 spiro atoms. The molecule has 0 saturated carbocycles. The van der Waals surface area contributed by atoms with E-state index in [2.05, 4.69) is 15.9 Å². The molecule has 100 valence electrons. The number of hydrogen-bond donors (Lipinski definition) is 0. The van der Waals surface area contributed by atoms with Gasteiger partial charge in [-0.3, -0.25) is 0 Å². The molecule has 0 fully saturated rings. The molecule has 0 aliphatic carbocycles. The highest BCUT2D eigenvalue weighted by atomic mass is 79.9. The SMILES string of the molecule is [2H]c1c([2H])c([2H])c(-c2c3ccccc3c(Br)c3ccccc23)c([2H])c1[2H]. The lowest BCUT2D eigenvalue weighted by Crippen LogP contribution is -1.86. The zero-order valence-electron chi connectivity index (χ0n) is 16.0. The minimum absolute atomic E-state index is 0.186. The lowest BCUT2D eigenvalue weighted by Gasteiger charge is -2.14. The van der Waals surface area contributed by atoms with Crippen LogP contribution in [0.2, 0.25) is 0 Å². The molecule has 0 bridgehead atoms. The van der Waals surface area contributed by atoms with Crippen LogP contribution in [0.3, 0.4) is 0 Å². The number of fused-ring (bicyclic) bond motifs is 2. The molecule has 4 aromatic carbocycles. The van der Waals surface area contributed by atoms with Crippen molar-refractivity contribution >= 4 is 37.5 Å². The average Bonchev–Trinajstić information content (AvgIpc) is 2.67. The van der Waals surface area contributed by atoms with Crippen LogP contribution < -0.4 is 0 Å². The first-order chi connectivity index (χ1) is 12.4. The Morgan fingerprint density at radius 2 is 1.14 bits per heavy atom. The van der Waals surface area contributed by atoms with E-state index in [1.54, 1.807) is 0 Å². The molecule has 4 rings (SSSR count). The Hall–Kier alpha value is -2.12. The molecular weight excluding hydrogens is 320 g/mol. The lowest BCUT2D eigenvalue weighted by atomic mass is 9.92. The summed E-state index contributed by atoms with van der Waals surface area (Å²) in [6.45, 7) is 0. The smallest absolute Gasteiger partial charge is 0.0622 e. The van der Waals surface area contributed by atoms with Crippen LogP contribution in [-0.2, 0) is 0 Å². The molecular formula is C20H13Br. The lowest BCUT2D eigenvalue weighted by molar-refractivity contribution is 1.66. The van der Waals surface area contributed by atoms with E-state index in [1.807, 2.05) is 48.5 Å². The largest absolute Gasteiger partial charge is 0.0629 e. The Morgan fingerprint density at radius 1 is 0.667 bits per heavy atom. The molecule has 1 heteroatoms. The fraction of sp³-hybridized carbons (Fsp3) is 0. The second-order valence-electron chi connectivity index (χ2n) is 4.78. The van der Waals surface area contributed by atoms with Crippen LogP contribution in [-0.4, -0.2) is 0 Å². The molecule has 0 radical (unpaired) electrons. The standard InChI is InChI=1S/C20H13Br/c21-20-17-12-6-4-10-15(17)19(14-8-2-1-3-9-14)16-11-5-7-13-18(16)20/h1-13H/i1D,2D,3D,8D,9D. The second kappa shape index (κ2) is 5.01. The third kappa shape index (κ3) is 1.97. The summed E-state index contributed by atoms with van der Waals surface area (Å²) in [5.41, 5.74) is 0.896. The fourth-order valence-corrected chi connectivity index (χ4v) is 3.41. The van der Waals surface area contributed by atoms with Crippen molar-refractivity contribution in [1.29, 1.82) is 0 Å². The topological polar surface area (TPSA) is 0 Å². The molecule has 4 aromatic rings. The Balaban J connectivity index is 2.32. The van der Waals surface area contributed by atoms with Crippen molar-refractivity contribution in [2.75, 3.05) is 0 Å². The summed E-state index contributed by atoms with van der Waals surface area (Å²) >= 11 is 3.67. The first kappa shape index (κ1) is 8.35. The van der Waals surface area contributed by atoms with Gasteiger partial charge in [0.25, 0.3) is 0 Å². The van der Waals surface area contributed by atoms with E-state index in [0.29, 0.717) is 5.56 Å². The molecule has 0 heterocycles. The van der Waals surface area contributed by atoms with Crippen molar-refractivity contribution < 1.29 is 6.85 Å².